The van der Waals surface area contributed by atoms with Crippen molar-refractivity contribution in [1.82, 2.24) is 0 Å². The van der Waals surface area contributed by atoms with Gasteiger partial charge in [0.25, 0.3) is 0 Å². The Morgan fingerprint density at radius 3 is 2.42 bits per heavy atom. The minimum atomic E-state index is -0.121. The third kappa shape index (κ3) is 4.84. The van der Waals surface area contributed by atoms with Crippen LogP contribution in [-0.2, 0) is 16.0 Å². The number of rotatable bonds is 6. The third-order valence-corrected chi connectivity index (χ3v) is 3.70. The molecule has 5 heteroatoms. The van der Waals surface area contributed by atoms with E-state index in [0.717, 1.165) is 29.0 Å². The van der Waals surface area contributed by atoms with Crippen molar-refractivity contribution in [3.05, 3.63) is 53.6 Å². The number of hydrogen-bond donors (Lipinski definition) is 3. The van der Waals surface area contributed by atoms with Crippen LogP contribution in [0.1, 0.15) is 25.0 Å². The summed E-state index contributed by atoms with van der Waals surface area (Å²) in [5.41, 5.74) is 4.43. The maximum absolute atomic E-state index is 12.1. The second-order valence-electron chi connectivity index (χ2n) is 5.61. The maximum atomic E-state index is 12.1. The molecule has 126 valence electrons. The number of carbonyl (C=O) groups excluding carboxylic acids is 2. The second kappa shape index (κ2) is 8.15. The summed E-state index contributed by atoms with van der Waals surface area (Å²) in [4.78, 5) is 23.3. The predicted molar refractivity (Wildman–Crippen MR) is 98.4 cm³/mol. The molecule has 0 saturated carbocycles. The van der Waals surface area contributed by atoms with Crippen LogP contribution in [0.5, 0.6) is 0 Å². The van der Waals surface area contributed by atoms with E-state index in [1.807, 2.05) is 49.4 Å². The molecule has 0 radical (unpaired) electrons. The van der Waals surface area contributed by atoms with Crippen LogP contribution in [0.25, 0.3) is 0 Å². The Bertz CT molecular complexity index is 741. The smallest absolute Gasteiger partial charge is 0.243 e. The highest BCUT2D eigenvalue weighted by atomic mass is 16.2. The molecule has 2 rings (SSSR count). The largest absolute Gasteiger partial charge is 0.376 e. The van der Waals surface area contributed by atoms with Gasteiger partial charge >= 0.3 is 0 Å². The average molecular weight is 325 g/mol. The fourth-order valence-corrected chi connectivity index (χ4v) is 2.40. The van der Waals surface area contributed by atoms with Crippen molar-refractivity contribution in [2.45, 2.75) is 27.2 Å². The van der Waals surface area contributed by atoms with Crippen molar-refractivity contribution in [1.29, 1.82) is 0 Å². The SMILES string of the molecule is CCc1cccc(NC(=O)CNc2cccc(NC(C)=O)c2C)c1. The number of anilines is 3. The Labute approximate surface area is 142 Å². The van der Waals surface area contributed by atoms with Crippen molar-refractivity contribution in [2.75, 3.05) is 22.5 Å². The van der Waals surface area contributed by atoms with E-state index in [1.165, 1.54) is 12.5 Å². The van der Waals surface area contributed by atoms with Crippen LogP contribution in [-0.4, -0.2) is 18.4 Å². The molecule has 24 heavy (non-hydrogen) atoms. The van der Waals surface area contributed by atoms with Crippen LogP contribution in [0.15, 0.2) is 42.5 Å². The van der Waals surface area contributed by atoms with Gasteiger partial charge in [-0.2, -0.15) is 0 Å². The summed E-state index contributed by atoms with van der Waals surface area (Å²) < 4.78 is 0. The van der Waals surface area contributed by atoms with Crippen molar-refractivity contribution in [3.63, 3.8) is 0 Å². The zero-order valence-electron chi connectivity index (χ0n) is 14.3. The van der Waals surface area contributed by atoms with Gasteiger partial charge in [-0.3, -0.25) is 9.59 Å². The lowest BCUT2D eigenvalue weighted by Gasteiger charge is -2.13. The highest BCUT2D eigenvalue weighted by Gasteiger charge is 2.07. The Kier molecular flexibility index (Phi) is 5.95. The Balaban J connectivity index is 1.97. The fraction of sp³-hybridized carbons (Fsp3) is 0.263. The number of hydrogen-bond acceptors (Lipinski definition) is 3. The first-order chi connectivity index (χ1) is 11.5. The first-order valence-electron chi connectivity index (χ1n) is 7.99. The molecule has 0 atom stereocenters. The highest BCUT2D eigenvalue weighted by Crippen LogP contribution is 2.23. The topological polar surface area (TPSA) is 70.2 Å². The molecular formula is C19H23N3O2. The molecule has 0 aliphatic rings. The summed E-state index contributed by atoms with van der Waals surface area (Å²) in [6.07, 6.45) is 0.928. The van der Waals surface area contributed by atoms with E-state index in [9.17, 15) is 9.59 Å². The minimum Gasteiger partial charge on any atom is -0.376 e. The molecule has 0 bridgehead atoms. The van der Waals surface area contributed by atoms with Crippen molar-refractivity contribution < 1.29 is 9.59 Å². The Morgan fingerprint density at radius 1 is 1.00 bits per heavy atom. The van der Waals surface area contributed by atoms with E-state index in [0.29, 0.717) is 0 Å². The zero-order chi connectivity index (χ0) is 17.5. The van der Waals surface area contributed by atoms with Gasteiger partial charge in [-0.15, -0.1) is 0 Å². The van der Waals surface area contributed by atoms with Crippen molar-refractivity contribution in [2.24, 2.45) is 0 Å². The molecule has 2 aromatic carbocycles. The van der Waals surface area contributed by atoms with Gasteiger partial charge in [0.05, 0.1) is 6.54 Å². The summed E-state index contributed by atoms with van der Waals surface area (Å²) in [6.45, 7) is 5.60. The normalized spacial score (nSPS) is 10.1. The summed E-state index contributed by atoms with van der Waals surface area (Å²) in [5, 5.41) is 8.77. The third-order valence-electron chi connectivity index (χ3n) is 3.70. The lowest BCUT2D eigenvalue weighted by molar-refractivity contribution is -0.115. The van der Waals surface area contributed by atoms with Crippen LogP contribution in [0, 0.1) is 6.92 Å². The summed E-state index contributed by atoms with van der Waals surface area (Å²) in [6, 6.07) is 13.4. The van der Waals surface area contributed by atoms with Gasteiger partial charge in [0.15, 0.2) is 0 Å². The molecule has 0 heterocycles. The molecule has 2 aromatic rings. The van der Waals surface area contributed by atoms with E-state index >= 15 is 0 Å². The van der Waals surface area contributed by atoms with Crippen LogP contribution >= 0.6 is 0 Å². The van der Waals surface area contributed by atoms with E-state index in [2.05, 4.69) is 22.9 Å². The van der Waals surface area contributed by atoms with Crippen LogP contribution in [0.3, 0.4) is 0 Å². The molecule has 0 aliphatic heterocycles. The van der Waals surface area contributed by atoms with Crippen LogP contribution in [0.2, 0.25) is 0 Å². The van der Waals surface area contributed by atoms with Gasteiger partial charge in [0.2, 0.25) is 11.8 Å². The summed E-state index contributed by atoms with van der Waals surface area (Å²) in [7, 11) is 0. The monoisotopic (exact) mass is 325 g/mol. The van der Waals surface area contributed by atoms with Crippen molar-refractivity contribution >= 4 is 28.9 Å². The Morgan fingerprint density at radius 2 is 1.71 bits per heavy atom. The van der Waals surface area contributed by atoms with Crippen LogP contribution < -0.4 is 16.0 Å². The lowest BCUT2D eigenvalue weighted by Crippen LogP contribution is -2.22. The van der Waals surface area contributed by atoms with Crippen molar-refractivity contribution in [3.8, 4) is 0 Å². The molecule has 2 amide bonds. The first-order valence-corrected chi connectivity index (χ1v) is 7.99. The number of carbonyl (C=O) groups is 2. The van der Waals surface area contributed by atoms with Gasteiger partial charge in [0.1, 0.15) is 0 Å². The molecular weight excluding hydrogens is 302 g/mol. The second-order valence-corrected chi connectivity index (χ2v) is 5.61. The molecule has 0 spiro atoms. The van der Waals surface area contributed by atoms with Gasteiger partial charge < -0.3 is 16.0 Å². The number of aryl methyl sites for hydroxylation is 1. The van der Waals surface area contributed by atoms with E-state index in [-0.39, 0.29) is 18.4 Å². The number of amides is 2. The molecule has 0 unspecified atom stereocenters. The zero-order valence-corrected chi connectivity index (χ0v) is 14.3. The molecule has 0 saturated heterocycles. The molecule has 5 nitrogen and oxygen atoms in total. The first kappa shape index (κ1) is 17.5. The highest BCUT2D eigenvalue weighted by molar-refractivity contribution is 5.94. The standard InChI is InChI=1S/C19H23N3O2/c1-4-15-7-5-8-16(11-15)22-19(24)12-20-17-9-6-10-18(13(17)2)21-14(3)23/h5-11,20H,4,12H2,1-3H3,(H,21,23)(H,22,24). The molecule has 0 aromatic heterocycles. The minimum absolute atomic E-state index is 0.118. The predicted octanol–water partition coefficient (Wildman–Crippen LogP) is 3.57. The summed E-state index contributed by atoms with van der Waals surface area (Å²) in [5.74, 6) is -0.239. The quantitative estimate of drug-likeness (QED) is 0.760. The lowest BCUT2D eigenvalue weighted by atomic mass is 10.1. The van der Waals surface area contributed by atoms with Gasteiger partial charge in [-0.05, 0) is 48.7 Å². The average Bonchev–Trinajstić information content (AvgIpc) is 2.55. The fourth-order valence-electron chi connectivity index (χ4n) is 2.40. The van der Waals surface area contributed by atoms with Gasteiger partial charge in [0, 0.05) is 24.0 Å². The van der Waals surface area contributed by atoms with E-state index in [1.54, 1.807) is 0 Å². The van der Waals surface area contributed by atoms with Gasteiger partial charge in [-0.25, -0.2) is 0 Å². The van der Waals surface area contributed by atoms with Crippen LogP contribution in [0.4, 0.5) is 17.1 Å². The Hall–Kier alpha value is -2.82. The number of benzene rings is 2. The maximum Gasteiger partial charge on any atom is 0.243 e. The molecule has 0 aliphatic carbocycles. The molecule has 0 fully saturated rings. The summed E-state index contributed by atoms with van der Waals surface area (Å²) >= 11 is 0. The molecule has 3 N–H and O–H groups in total. The van der Waals surface area contributed by atoms with Gasteiger partial charge in [-0.1, -0.05) is 25.1 Å². The van der Waals surface area contributed by atoms with E-state index in [4.69, 9.17) is 0 Å². The number of nitrogens with one attached hydrogen (secondary N) is 3. The van der Waals surface area contributed by atoms with E-state index < -0.39 is 0 Å².